The average molecular weight is 388 g/mol. The van der Waals surface area contributed by atoms with E-state index in [-0.39, 0.29) is 4.90 Å². The van der Waals surface area contributed by atoms with Crippen LogP contribution in [-0.4, -0.2) is 19.5 Å². The monoisotopic (exact) mass is 386 g/mol. The Morgan fingerprint density at radius 2 is 1.76 bits per heavy atom. The molecule has 21 heavy (non-hydrogen) atoms. The van der Waals surface area contributed by atoms with Crippen LogP contribution in [0, 0.1) is 0 Å². The molecule has 2 rings (SSSR count). The van der Waals surface area contributed by atoms with Crippen LogP contribution in [0.3, 0.4) is 0 Å². The summed E-state index contributed by atoms with van der Waals surface area (Å²) in [5.41, 5.74) is 0.325. The number of halogens is 2. The van der Waals surface area contributed by atoms with E-state index >= 15 is 0 Å². The summed E-state index contributed by atoms with van der Waals surface area (Å²) in [4.78, 5) is 12.4. The summed E-state index contributed by atoms with van der Waals surface area (Å²) < 4.78 is 25.6. The molecule has 1 unspecified atom stereocenters. The number of hydrogen-bond donors (Lipinski definition) is 0. The molecular formula is C15H12BrClO3S. The molecule has 3 nitrogen and oxygen atoms in total. The maximum atomic E-state index is 12.5. The summed E-state index contributed by atoms with van der Waals surface area (Å²) in [6.45, 7) is 1.40. The topological polar surface area (TPSA) is 51.2 Å². The van der Waals surface area contributed by atoms with Crippen LogP contribution in [0.4, 0.5) is 0 Å². The van der Waals surface area contributed by atoms with E-state index in [0.29, 0.717) is 15.1 Å². The zero-order valence-electron chi connectivity index (χ0n) is 11.1. The normalized spacial score (nSPS) is 12.9. The van der Waals surface area contributed by atoms with Crippen LogP contribution in [0.15, 0.2) is 57.9 Å². The molecular weight excluding hydrogens is 376 g/mol. The van der Waals surface area contributed by atoms with E-state index in [9.17, 15) is 13.2 Å². The molecule has 0 amide bonds. The highest BCUT2D eigenvalue weighted by atomic mass is 79.9. The first-order chi connectivity index (χ1) is 9.82. The first kappa shape index (κ1) is 16.2. The molecule has 6 heteroatoms. The number of ketones is 1. The molecule has 0 saturated heterocycles. The van der Waals surface area contributed by atoms with Gasteiger partial charge >= 0.3 is 0 Å². The molecule has 0 heterocycles. The van der Waals surface area contributed by atoms with Crippen LogP contribution in [0.1, 0.15) is 17.3 Å². The molecule has 0 aliphatic heterocycles. The van der Waals surface area contributed by atoms with E-state index in [2.05, 4.69) is 15.9 Å². The van der Waals surface area contributed by atoms with Crippen molar-refractivity contribution in [1.82, 2.24) is 0 Å². The summed E-state index contributed by atoms with van der Waals surface area (Å²) in [5, 5.41) is -0.665. The van der Waals surface area contributed by atoms with Gasteiger partial charge in [-0.05, 0) is 49.4 Å². The summed E-state index contributed by atoms with van der Waals surface area (Å²) in [6, 6.07) is 12.5. The Morgan fingerprint density at radius 3 is 2.33 bits per heavy atom. The van der Waals surface area contributed by atoms with Crippen molar-refractivity contribution in [2.75, 3.05) is 0 Å². The van der Waals surface area contributed by atoms with Gasteiger partial charge in [0, 0.05) is 15.1 Å². The second-order valence-corrected chi connectivity index (χ2v) is 8.14. The van der Waals surface area contributed by atoms with Gasteiger partial charge in [0.1, 0.15) is 5.25 Å². The Bertz CT molecular complexity index is 770. The Hall–Kier alpha value is -1.17. The van der Waals surface area contributed by atoms with Crippen LogP contribution in [0.2, 0.25) is 5.02 Å². The minimum atomic E-state index is -3.73. The Morgan fingerprint density at radius 1 is 1.14 bits per heavy atom. The molecule has 1 atom stereocenters. The lowest BCUT2D eigenvalue weighted by Crippen LogP contribution is -2.27. The van der Waals surface area contributed by atoms with Crippen molar-refractivity contribution in [2.24, 2.45) is 0 Å². The van der Waals surface area contributed by atoms with Crippen molar-refractivity contribution < 1.29 is 13.2 Å². The van der Waals surface area contributed by atoms with Crippen molar-refractivity contribution in [2.45, 2.75) is 17.1 Å². The lowest BCUT2D eigenvalue weighted by Gasteiger charge is -2.12. The highest BCUT2D eigenvalue weighted by Gasteiger charge is 2.30. The van der Waals surface area contributed by atoms with Crippen LogP contribution < -0.4 is 0 Å². The van der Waals surface area contributed by atoms with Gasteiger partial charge in [0.2, 0.25) is 0 Å². The molecule has 0 aliphatic rings. The summed E-state index contributed by atoms with van der Waals surface area (Å²) in [6.07, 6.45) is 0. The summed E-state index contributed by atoms with van der Waals surface area (Å²) in [7, 11) is -3.73. The van der Waals surface area contributed by atoms with E-state index < -0.39 is 20.9 Å². The quantitative estimate of drug-likeness (QED) is 0.741. The highest BCUT2D eigenvalue weighted by Crippen LogP contribution is 2.23. The van der Waals surface area contributed by atoms with E-state index in [1.165, 1.54) is 31.2 Å². The third-order valence-electron chi connectivity index (χ3n) is 3.09. The fraction of sp³-hybridized carbons (Fsp3) is 0.133. The van der Waals surface area contributed by atoms with E-state index in [1.807, 2.05) is 0 Å². The Kier molecular flexibility index (Phi) is 4.86. The van der Waals surface area contributed by atoms with E-state index in [1.54, 1.807) is 24.3 Å². The van der Waals surface area contributed by atoms with Gasteiger partial charge in [-0.3, -0.25) is 4.79 Å². The van der Waals surface area contributed by atoms with Crippen molar-refractivity contribution in [3.63, 3.8) is 0 Å². The lowest BCUT2D eigenvalue weighted by atomic mass is 10.1. The molecule has 0 bridgehead atoms. The van der Waals surface area contributed by atoms with Gasteiger partial charge in [-0.15, -0.1) is 0 Å². The standard InChI is InChI=1S/C15H12BrClO3S/c1-10(15(18)11-5-7-13(17)8-6-11)21(19,20)14-4-2-3-12(16)9-14/h2-10H,1H3. The van der Waals surface area contributed by atoms with E-state index in [4.69, 9.17) is 11.6 Å². The fourth-order valence-electron chi connectivity index (χ4n) is 1.84. The minimum Gasteiger partial charge on any atom is -0.293 e. The third-order valence-corrected chi connectivity index (χ3v) is 5.89. The van der Waals surface area contributed by atoms with Crippen LogP contribution in [-0.2, 0) is 9.84 Å². The fourth-order valence-corrected chi connectivity index (χ4v) is 3.90. The van der Waals surface area contributed by atoms with Gasteiger partial charge in [0.15, 0.2) is 15.6 Å². The van der Waals surface area contributed by atoms with Crippen LogP contribution in [0.25, 0.3) is 0 Å². The van der Waals surface area contributed by atoms with Gasteiger partial charge in [-0.2, -0.15) is 0 Å². The molecule has 0 aromatic heterocycles. The largest absolute Gasteiger partial charge is 0.293 e. The molecule has 0 fully saturated rings. The minimum absolute atomic E-state index is 0.117. The molecule has 2 aromatic carbocycles. The SMILES string of the molecule is CC(C(=O)c1ccc(Cl)cc1)S(=O)(=O)c1cccc(Br)c1. The predicted molar refractivity (Wildman–Crippen MR) is 86.6 cm³/mol. The average Bonchev–Trinajstić information content (AvgIpc) is 2.46. The van der Waals surface area contributed by atoms with Gasteiger partial charge in [-0.1, -0.05) is 33.6 Å². The molecule has 0 spiro atoms. The van der Waals surface area contributed by atoms with Gasteiger partial charge < -0.3 is 0 Å². The predicted octanol–water partition coefficient (Wildman–Crippen LogP) is 4.15. The molecule has 2 aromatic rings. The molecule has 0 aliphatic carbocycles. The van der Waals surface area contributed by atoms with Crippen molar-refractivity contribution in [1.29, 1.82) is 0 Å². The zero-order chi connectivity index (χ0) is 15.6. The third kappa shape index (κ3) is 3.54. The summed E-state index contributed by atoms with van der Waals surface area (Å²) >= 11 is 8.99. The van der Waals surface area contributed by atoms with Crippen LogP contribution in [0.5, 0.6) is 0 Å². The number of benzene rings is 2. The summed E-state index contributed by atoms with van der Waals surface area (Å²) in [5.74, 6) is -0.452. The van der Waals surface area contributed by atoms with Gasteiger partial charge in [-0.25, -0.2) is 8.42 Å². The smallest absolute Gasteiger partial charge is 0.188 e. The first-order valence-corrected chi connectivity index (χ1v) is 8.83. The number of rotatable bonds is 4. The first-order valence-electron chi connectivity index (χ1n) is 6.11. The van der Waals surface area contributed by atoms with Gasteiger partial charge in [0.25, 0.3) is 0 Å². The highest BCUT2D eigenvalue weighted by molar-refractivity contribution is 9.10. The number of sulfone groups is 1. The van der Waals surface area contributed by atoms with Crippen molar-refractivity contribution in [3.05, 3.63) is 63.6 Å². The second kappa shape index (κ2) is 6.30. The number of carbonyl (C=O) groups is 1. The van der Waals surface area contributed by atoms with Crippen molar-refractivity contribution >= 4 is 43.2 Å². The number of Topliss-reactive ketones (excluding diaryl/α,β-unsaturated/α-hetero) is 1. The second-order valence-electron chi connectivity index (χ2n) is 4.52. The maximum Gasteiger partial charge on any atom is 0.188 e. The van der Waals surface area contributed by atoms with Crippen LogP contribution >= 0.6 is 27.5 Å². The van der Waals surface area contributed by atoms with Crippen molar-refractivity contribution in [3.8, 4) is 0 Å². The molecule has 0 radical (unpaired) electrons. The Labute approximate surface area is 137 Å². The van der Waals surface area contributed by atoms with E-state index in [0.717, 1.165) is 0 Å². The molecule has 110 valence electrons. The zero-order valence-corrected chi connectivity index (χ0v) is 14.2. The lowest BCUT2D eigenvalue weighted by molar-refractivity contribution is 0.0991. The number of hydrogen-bond acceptors (Lipinski definition) is 3. The number of carbonyl (C=O) groups excluding carboxylic acids is 1. The molecule has 0 N–H and O–H groups in total. The molecule has 0 saturated carbocycles. The Balaban J connectivity index is 2.36. The maximum absolute atomic E-state index is 12.5. The van der Waals surface area contributed by atoms with Gasteiger partial charge in [0.05, 0.1) is 4.90 Å².